The van der Waals surface area contributed by atoms with Crippen molar-refractivity contribution in [2.24, 2.45) is 0 Å². The molecule has 4 rings (SSSR count). The number of rotatable bonds is 6. The van der Waals surface area contributed by atoms with Crippen LogP contribution in [0.5, 0.6) is 0 Å². The minimum atomic E-state index is -0.255. The number of likely N-dealkylation sites (tertiary alicyclic amines) is 1. The maximum atomic E-state index is 13.2. The Kier molecular flexibility index (Phi) is 6.63. The van der Waals surface area contributed by atoms with Crippen molar-refractivity contribution < 1.29 is 14.0 Å². The number of anilines is 1. The Hall–Kier alpha value is -2.77. The molecule has 3 atom stereocenters. The second-order valence-corrected chi connectivity index (χ2v) is 8.42. The first-order valence-electron chi connectivity index (χ1n) is 10.8. The minimum Gasteiger partial charge on any atom is -0.353 e. The topological polar surface area (TPSA) is 64.7 Å². The third-order valence-electron chi connectivity index (χ3n) is 6.41. The molecule has 2 aromatic rings. The van der Waals surface area contributed by atoms with Gasteiger partial charge >= 0.3 is 0 Å². The molecule has 0 spiro atoms. The standard InChI is InChI=1S/C24H29FN4O2/c1-28-20(11-12-22(30)27-19-5-3-2-4-6-19)15-26-24(31)23-21(28)13-14-29(23)16-17-7-9-18(25)10-8-17/h2-10,20-21,23H,11-16H2,1H3,(H,26,31)(H,27,30)/t20-,21-,23-/m0/s1. The molecule has 2 fully saturated rings. The van der Waals surface area contributed by atoms with E-state index in [0.29, 0.717) is 25.9 Å². The van der Waals surface area contributed by atoms with Gasteiger partial charge in [0.2, 0.25) is 11.8 Å². The number of para-hydroxylation sites is 1. The maximum absolute atomic E-state index is 13.2. The highest BCUT2D eigenvalue weighted by molar-refractivity contribution is 5.90. The number of hydrogen-bond acceptors (Lipinski definition) is 4. The summed E-state index contributed by atoms with van der Waals surface area (Å²) in [6.07, 6.45) is 1.97. The van der Waals surface area contributed by atoms with E-state index in [-0.39, 0.29) is 35.8 Å². The molecule has 0 aliphatic carbocycles. The quantitative estimate of drug-likeness (QED) is 0.748. The number of benzene rings is 2. The van der Waals surface area contributed by atoms with Crippen LogP contribution in [-0.2, 0) is 16.1 Å². The molecule has 2 aliphatic heterocycles. The lowest BCUT2D eigenvalue weighted by Crippen LogP contribution is -2.49. The summed E-state index contributed by atoms with van der Waals surface area (Å²) in [6.45, 7) is 1.96. The monoisotopic (exact) mass is 424 g/mol. The molecule has 7 heteroatoms. The van der Waals surface area contributed by atoms with Crippen molar-refractivity contribution >= 4 is 17.5 Å². The molecule has 2 amide bonds. The average molecular weight is 425 g/mol. The Bertz CT molecular complexity index is 906. The number of nitrogens with zero attached hydrogens (tertiary/aromatic N) is 2. The van der Waals surface area contributed by atoms with Gasteiger partial charge in [0.25, 0.3) is 0 Å². The smallest absolute Gasteiger partial charge is 0.239 e. The second-order valence-electron chi connectivity index (χ2n) is 8.42. The third kappa shape index (κ3) is 5.11. The zero-order valence-electron chi connectivity index (χ0n) is 17.8. The van der Waals surface area contributed by atoms with Crippen LogP contribution in [0.25, 0.3) is 0 Å². The molecule has 0 saturated carbocycles. The number of carbonyl (C=O) groups is 2. The lowest BCUT2D eigenvalue weighted by Gasteiger charge is -2.33. The van der Waals surface area contributed by atoms with E-state index in [1.165, 1.54) is 12.1 Å². The molecule has 0 bridgehead atoms. The highest BCUT2D eigenvalue weighted by Gasteiger charge is 2.44. The van der Waals surface area contributed by atoms with Crippen LogP contribution in [0, 0.1) is 5.82 Å². The number of carbonyl (C=O) groups excluding carboxylic acids is 2. The summed E-state index contributed by atoms with van der Waals surface area (Å²) in [4.78, 5) is 29.7. The average Bonchev–Trinajstić information content (AvgIpc) is 3.14. The molecule has 164 valence electrons. The van der Waals surface area contributed by atoms with E-state index in [1.54, 1.807) is 12.1 Å². The summed E-state index contributed by atoms with van der Waals surface area (Å²) in [5.41, 5.74) is 1.79. The van der Waals surface area contributed by atoms with Gasteiger partial charge in [0, 0.05) is 43.8 Å². The van der Waals surface area contributed by atoms with Crippen LogP contribution in [0.1, 0.15) is 24.8 Å². The van der Waals surface area contributed by atoms with Crippen LogP contribution >= 0.6 is 0 Å². The number of nitrogens with one attached hydrogen (secondary N) is 2. The normalized spacial score (nSPS) is 24.3. The maximum Gasteiger partial charge on any atom is 0.239 e. The summed E-state index contributed by atoms with van der Waals surface area (Å²) in [7, 11) is 2.05. The molecule has 0 radical (unpaired) electrons. The van der Waals surface area contributed by atoms with Crippen molar-refractivity contribution in [3.63, 3.8) is 0 Å². The molecule has 2 aromatic carbocycles. The van der Waals surface area contributed by atoms with E-state index in [9.17, 15) is 14.0 Å². The number of halogens is 1. The molecule has 31 heavy (non-hydrogen) atoms. The fourth-order valence-corrected chi connectivity index (χ4v) is 4.69. The Morgan fingerprint density at radius 2 is 1.90 bits per heavy atom. The van der Waals surface area contributed by atoms with Gasteiger partial charge in [-0.15, -0.1) is 0 Å². The summed E-state index contributed by atoms with van der Waals surface area (Å²) < 4.78 is 13.2. The van der Waals surface area contributed by atoms with Crippen LogP contribution in [-0.4, -0.2) is 59.9 Å². The minimum absolute atomic E-state index is 0.0175. The van der Waals surface area contributed by atoms with Gasteiger partial charge in [-0.3, -0.25) is 19.4 Å². The van der Waals surface area contributed by atoms with Gasteiger partial charge in [-0.1, -0.05) is 30.3 Å². The molecule has 2 N–H and O–H groups in total. The zero-order chi connectivity index (χ0) is 21.8. The molecule has 2 saturated heterocycles. The zero-order valence-corrected chi connectivity index (χ0v) is 17.8. The van der Waals surface area contributed by atoms with Gasteiger partial charge in [0.05, 0.1) is 0 Å². The summed E-state index contributed by atoms with van der Waals surface area (Å²) >= 11 is 0. The molecular formula is C24H29FN4O2. The van der Waals surface area contributed by atoms with Gasteiger partial charge in [-0.2, -0.15) is 0 Å². The van der Waals surface area contributed by atoms with Crippen molar-refractivity contribution in [3.8, 4) is 0 Å². The van der Waals surface area contributed by atoms with Gasteiger partial charge < -0.3 is 10.6 Å². The fourth-order valence-electron chi connectivity index (χ4n) is 4.69. The van der Waals surface area contributed by atoms with Gasteiger partial charge in [-0.25, -0.2) is 4.39 Å². The highest BCUT2D eigenvalue weighted by atomic mass is 19.1. The van der Waals surface area contributed by atoms with Gasteiger partial charge in [-0.05, 0) is 49.7 Å². The van der Waals surface area contributed by atoms with Gasteiger partial charge in [0.15, 0.2) is 0 Å². The Balaban J connectivity index is 1.36. The molecule has 2 aliphatic rings. The number of fused-ring (bicyclic) bond motifs is 1. The van der Waals surface area contributed by atoms with Crippen molar-refractivity contribution in [2.75, 3.05) is 25.5 Å². The SMILES string of the molecule is CN1[C@@H](CCC(=O)Nc2ccccc2)CNC(=O)[C@@H]2[C@@H]1CCN2Cc1ccc(F)cc1. The van der Waals surface area contributed by atoms with Crippen LogP contribution in [0.4, 0.5) is 10.1 Å². The van der Waals surface area contributed by atoms with Crippen molar-refractivity contribution in [1.82, 2.24) is 15.1 Å². The van der Waals surface area contributed by atoms with Crippen molar-refractivity contribution in [2.45, 2.75) is 43.9 Å². The van der Waals surface area contributed by atoms with E-state index in [1.807, 2.05) is 30.3 Å². The van der Waals surface area contributed by atoms with Crippen LogP contribution < -0.4 is 10.6 Å². The Morgan fingerprint density at radius 3 is 2.65 bits per heavy atom. The third-order valence-corrected chi connectivity index (χ3v) is 6.41. The molecular weight excluding hydrogens is 395 g/mol. The summed E-state index contributed by atoms with van der Waals surface area (Å²) in [5.74, 6) is -0.238. The van der Waals surface area contributed by atoms with Crippen LogP contribution in [0.2, 0.25) is 0 Å². The number of hydrogen-bond donors (Lipinski definition) is 2. The second kappa shape index (κ2) is 9.58. The van der Waals surface area contributed by atoms with E-state index >= 15 is 0 Å². The van der Waals surface area contributed by atoms with Gasteiger partial charge in [0.1, 0.15) is 11.9 Å². The van der Waals surface area contributed by atoms with Crippen molar-refractivity contribution in [3.05, 3.63) is 66.0 Å². The van der Waals surface area contributed by atoms with E-state index < -0.39 is 0 Å². The Morgan fingerprint density at radius 1 is 1.16 bits per heavy atom. The van der Waals surface area contributed by atoms with E-state index in [4.69, 9.17) is 0 Å². The summed E-state index contributed by atoms with van der Waals surface area (Å²) in [6, 6.07) is 15.9. The first kappa shape index (κ1) is 21.5. The number of amides is 2. The predicted molar refractivity (Wildman–Crippen MR) is 118 cm³/mol. The largest absolute Gasteiger partial charge is 0.353 e. The van der Waals surface area contributed by atoms with Crippen molar-refractivity contribution in [1.29, 1.82) is 0 Å². The van der Waals surface area contributed by atoms with E-state index in [2.05, 4.69) is 27.5 Å². The van der Waals surface area contributed by atoms with E-state index in [0.717, 1.165) is 24.2 Å². The molecule has 0 unspecified atom stereocenters. The lowest BCUT2D eigenvalue weighted by atomic mass is 10.0. The van der Waals surface area contributed by atoms with Crippen LogP contribution in [0.3, 0.4) is 0 Å². The Labute approximate surface area is 182 Å². The van der Waals surface area contributed by atoms with Crippen LogP contribution in [0.15, 0.2) is 54.6 Å². The molecule has 6 nitrogen and oxygen atoms in total. The predicted octanol–water partition coefficient (Wildman–Crippen LogP) is 2.62. The molecule has 2 heterocycles. The molecule has 0 aromatic heterocycles. The highest BCUT2D eigenvalue weighted by Crippen LogP contribution is 2.28. The first-order chi connectivity index (χ1) is 15.0. The lowest BCUT2D eigenvalue weighted by molar-refractivity contribution is -0.126. The first-order valence-corrected chi connectivity index (χ1v) is 10.8. The number of likely N-dealkylation sites (N-methyl/N-ethyl adjacent to an activating group) is 1. The fraction of sp³-hybridized carbons (Fsp3) is 0.417. The summed E-state index contributed by atoms with van der Waals surface area (Å²) in [5, 5.41) is 6.01.